The summed E-state index contributed by atoms with van der Waals surface area (Å²) in [5, 5.41) is 20.4. The Morgan fingerprint density at radius 2 is 2.10 bits per heavy atom. The van der Waals surface area contributed by atoms with E-state index in [0.717, 1.165) is 25.3 Å². The van der Waals surface area contributed by atoms with Gasteiger partial charge in [-0.2, -0.15) is 5.10 Å². The van der Waals surface area contributed by atoms with Crippen molar-refractivity contribution in [2.24, 2.45) is 5.92 Å². The Bertz CT molecular complexity index is 531. The van der Waals surface area contributed by atoms with Crippen LogP contribution in [0.4, 0.5) is 0 Å². The van der Waals surface area contributed by atoms with Crippen LogP contribution in [0.3, 0.4) is 0 Å². The van der Waals surface area contributed by atoms with Gasteiger partial charge in [0.15, 0.2) is 0 Å². The molecule has 1 fully saturated rings. The number of nitrogens with one attached hydrogen (secondary N) is 2. The first-order chi connectivity index (χ1) is 9.83. The zero-order valence-corrected chi connectivity index (χ0v) is 12.5. The lowest BCUT2D eigenvalue weighted by molar-refractivity contribution is 0.146. The van der Waals surface area contributed by atoms with Crippen molar-refractivity contribution in [1.82, 2.24) is 25.4 Å². The van der Waals surface area contributed by atoms with Crippen LogP contribution < -0.4 is 10.6 Å². The molecule has 3 rings (SSSR count). The van der Waals surface area contributed by atoms with E-state index >= 15 is 0 Å². The van der Waals surface area contributed by atoms with Crippen molar-refractivity contribution in [1.29, 1.82) is 0 Å². The average Bonchev–Trinajstić information content (AvgIpc) is 3.12. The molecule has 1 aliphatic rings. The molecule has 0 spiro atoms. The second-order valence-corrected chi connectivity index (χ2v) is 5.12. The number of rotatable bonds is 5. The number of aromatic nitrogens is 3. The Kier molecular flexibility index (Phi) is 5.69. The molecule has 3 N–H and O–H groups in total. The van der Waals surface area contributed by atoms with Crippen LogP contribution in [-0.4, -0.2) is 45.6 Å². The normalized spacial score (nSPS) is 21.2. The number of aliphatic hydroxyl groups excluding tert-OH is 1. The minimum atomic E-state index is -0.225. The summed E-state index contributed by atoms with van der Waals surface area (Å²) >= 11 is 0. The van der Waals surface area contributed by atoms with E-state index in [1.165, 1.54) is 11.9 Å². The molecule has 7 heteroatoms. The Balaban J connectivity index is 0.00000161. The molecular weight excluding hydrogens is 290 g/mol. The second kappa shape index (κ2) is 7.51. The molecule has 0 aliphatic carbocycles. The maximum Gasteiger partial charge on any atom is 0.138 e. The first-order valence-corrected chi connectivity index (χ1v) is 6.86. The van der Waals surface area contributed by atoms with Crippen molar-refractivity contribution >= 4 is 12.4 Å². The Morgan fingerprint density at radius 3 is 2.71 bits per heavy atom. The van der Waals surface area contributed by atoms with Gasteiger partial charge in [0.2, 0.25) is 0 Å². The molecule has 2 atom stereocenters. The summed E-state index contributed by atoms with van der Waals surface area (Å²) in [6.45, 7) is 3.23. The lowest BCUT2D eigenvalue weighted by Gasteiger charge is -2.14. The summed E-state index contributed by atoms with van der Waals surface area (Å²) in [6.07, 6.45) is 2.98. The van der Waals surface area contributed by atoms with Gasteiger partial charge in [-0.05, 0) is 17.7 Å². The molecule has 1 aliphatic heterocycles. The standard InChI is InChI=1S/C14H19N5O.ClH/c20-14-8-16-7-12(14)6-15-5-11-1-3-13(4-2-11)19-10-17-9-18-19;/h1-4,9-10,12,14-16,20H,5-8H2;1H. The topological polar surface area (TPSA) is 75.0 Å². The number of benzene rings is 1. The molecule has 1 saturated heterocycles. The molecule has 0 bridgehead atoms. The third kappa shape index (κ3) is 4.01. The smallest absolute Gasteiger partial charge is 0.138 e. The Hall–Kier alpha value is -1.47. The first kappa shape index (κ1) is 15.9. The number of β-amino-alcohol motifs (C(OH)–C–C–N with tert-alkyl or cyclic N) is 1. The predicted molar refractivity (Wildman–Crippen MR) is 82.7 cm³/mol. The van der Waals surface area contributed by atoms with Crippen LogP contribution in [0, 0.1) is 5.92 Å². The molecule has 0 amide bonds. The van der Waals surface area contributed by atoms with E-state index < -0.39 is 0 Å². The fourth-order valence-electron chi connectivity index (χ4n) is 2.44. The van der Waals surface area contributed by atoms with Gasteiger partial charge in [0, 0.05) is 32.1 Å². The summed E-state index contributed by atoms with van der Waals surface area (Å²) in [4.78, 5) is 3.93. The highest BCUT2D eigenvalue weighted by atomic mass is 35.5. The lowest BCUT2D eigenvalue weighted by Crippen LogP contribution is -2.30. The number of hydrogen-bond donors (Lipinski definition) is 3. The SMILES string of the molecule is Cl.OC1CNCC1CNCc1ccc(-n2cncn2)cc1. The zero-order chi connectivity index (χ0) is 13.8. The van der Waals surface area contributed by atoms with E-state index in [1.807, 2.05) is 12.1 Å². The molecule has 2 unspecified atom stereocenters. The first-order valence-electron chi connectivity index (χ1n) is 6.86. The van der Waals surface area contributed by atoms with Crippen LogP contribution in [0.2, 0.25) is 0 Å². The van der Waals surface area contributed by atoms with E-state index in [0.29, 0.717) is 12.5 Å². The number of halogens is 1. The van der Waals surface area contributed by atoms with Gasteiger partial charge in [0.1, 0.15) is 12.7 Å². The van der Waals surface area contributed by atoms with Gasteiger partial charge in [-0.15, -0.1) is 12.4 Å². The monoisotopic (exact) mass is 309 g/mol. The van der Waals surface area contributed by atoms with E-state index in [9.17, 15) is 5.11 Å². The molecule has 0 radical (unpaired) electrons. The summed E-state index contributed by atoms with van der Waals surface area (Å²) in [5.74, 6) is 0.310. The fourth-order valence-corrected chi connectivity index (χ4v) is 2.44. The molecule has 1 aromatic heterocycles. The Morgan fingerprint density at radius 1 is 1.29 bits per heavy atom. The maximum absolute atomic E-state index is 9.71. The highest BCUT2D eigenvalue weighted by Crippen LogP contribution is 2.10. The largest absolute Gasteiger partial charge is 0.391 e. The van der Waals surface area contributed by atoms with Crippen molar-refractivity contribution in [2.45, 2.75) is 12.6 Å². The van der Waals surface area contributed by atoms with Crippen LogP contribution in [-0.2, 0) is 6.54 Å². The van der Waals surface area contributed by atoms with Crippen molar-refractivity contribution in [3.8, 4) is 5.69 Å². The summed E-state index contributed by atoms with van der Waals surface area (Å²) in [7, 11) is 0. The molecular formula is C14H20ClN5O. The van der Waals surface area contributed by atoms with E-state index in [4.69, 9.17) is 0 Å². The lowest BCUT2D eigenvalue weighted by atomic mass is 10.1. The van der Waals surface area contributed by atoms with Gasteiger partial charge in [-0.3, -0.25) is 0 Å². The highest BCUT2D eigenvalue weighted by Gasteiger charge is 2.23. The molecule has 1 aromatic carbocycles. The van der Waals surface area contributed by atoms with Gasteiger partial charge in [-0.25, -0.2) is 9.67 Å². The molecule has 2 heterocycles. The van der Waals surface area contributed by atoms with Crippen molar-refractivity contribution < 1.29 is 5.11 Å². The number of hydrogen-bond acceptors (Lipinski definition) is 5. The minimum absolute atomic E-state index is 0. The molecule has 21 heavy (non-hydrogen) atoms. The fraction of sp³-hybridized carbons (Fsp3) is 0.429. The Labute approximate surface area is 130 Å². The van der Waals surface area contributed by atoms with Gasteiger partial charge < -0.3 is 15.7 Å². The third-order valence-corrected chi connectivity index (χ3v) is 3.66. The maximum atomic E-state index is 9.71. The van der Waals surface area contributed by atoms with Crippen LogP contribution >= 0.6 is 12.4 Å². The van der Waals surface area contributed by atoms with Crippen LogP contribution in [0.15, 0.2) is 36.9 Å². The van der Waals surface area contributed by atoms with Gasteiger partial charge in [-0.1, -0.05) is 12.1 Å². The third-order valence-electron chi connectivity index (χ3n) is 3.66. The minimum Gasteiger partial charge on any atom is -0.391 e. The molecule has 114 valence electrons. The average molecular weight is 310 g/mol. The zero-order valence-electron chi connectivity index (χ0n) is 11.6. The molecule has 6 nitrogen and oxygen atoms in total. The number of nitrogens with zero attached hydrogens (tertiary/aromatic N) is 3. The van der Waals surface area contributed by atoms with Crippen LogP contribution in [0.5, 0.6) is 0 Å². The molecule has 0 saturated carbocycles. The number of aliphatic hydroxyl groups is 1. The molecule has 2 aromatic rings. The van der Waals surface area contributed by atoms with E-state index in [2.05, 4.69) is 32.8 Å². The van der Waals surface area contributed by atoms with Crippen LogP contribution in [0.25, 0.3) is 5.69 Å². The summed E-state index contributed by atoms with van der Waals surface area (Å²) < 4.78 is 1.73. The van der Waals surface area contributed by atoms with Crippen molar-refractivity contribution in [3.05, 3.63) is 42.5 Å². The van der Waals surface area contributed by atoms with E-state index in [-0.39, 0.29) is 18.5 Å². The summed E-state index contributed by atoms with van der Waals surface area (Å²) in [5.41, 5.74) is 2.22. The highest BCUT2D eigenvalue weighted by molar-refractivity contribution is 5.85. The quantitative estimate of drug-likeness (QED) is 0.743. The van der Waals surface area contributed by atoms with E-state index in [1.54, 1.807) is 11.0 Å². The predicted octanol–water partition coefficient (Wildman–Crippen LogP) is 0.359. The van der Waals surface area contributed by atoms with Crippen molar-refractivity contribution in [3.63, 3.8) is 0 Å². The van der Waals surface area contributed by atoms with Gasteiger partial charge in [0.25, 0.3) is 0 Å². The second-order valence-electron chi connectivity index (χ2n) is 5.12. The summed E-state index contributed by atoms with van der Waals surface area (Å²) in [6, 6.07) is 8.20. The van der Waals surface area contributed by atoms with Gasteiger partial charge in [0.05, 0.1) is 11.8 Å². The van der Waals surface area contributed by atoms with Crippen LogP contribution in [0.1, 0.15) is 5.56 Å². The van der Waals surface area contributed by atoms with Gasteiger partial charge >= 0.3 is 0 Å². The van der Waals surface area contributed by atoms with Crippen molar-refractivity contribution in [2.75, 3.05) is 19.6 Å².